The van der Waals surface area contributed by atoms with Gasteiger partial charge in [-0.15, -0.1) is 0 Å². The largest absolute Gasteiger partial charge is 0.508 e. The lowest BCUT2D eigenvalue weighted by molar-refractivity contribution is 0.262. The molecule has 0 aliphatic carbocycles. The van der Waals surface area contributed by atoms with Crippen molar-refractivity contribution >= 4 is 17.4 Å². The Bertz CT molecular complexity index is 647. The minimum Gasteiger partial charge on any atom is -0.508 e. The third-order valence-electron chi connectivity index (χ3n) is 2.40. The van der Waals surface area contributed by atoms with Crippen molar-refractivity contribution in [3.8, 4) is 11.8 Å². The summed E-state index contributed by atoms with van der Waals surface area (Å²) in [5.41, 5.74) is 1.28. The molecule has 94 valence electrons. The van der Waals surface area contributed by atoms with Crippen LogP contribution in [0, 0.1) is 11.3 Å². The molecule has 0 bridgehead atoms. The van der Waals surface area contributed by atoms with E-state index >= 15 is 0 Å². The van der Waals surface area contributed by atoms with Gasteiger partial charge in [0.15, 0.2) is 0 Å². The normalized spacial score (nSPS) is 9.42. The van der Waals surface area contributed by atoms with Crippen LogP contribution in [0.1, 0.15) is 5.56 Å². The van der Waals surface area contributed by atoms with Crippen LogP contribution in [0.5, 0.6) is 5.75 Å². The van der Waals surface area contributed by atoms with Crippen LogP contribution in [-0.2, 0) is 0 Å². The highest BCUT2D eigenvalue weighted by Gasteiger charge is 2.06. The van der Waals surface area contributed by atoms with Crippen LogP contribution in [-0.4, -0.2) is 11.1 Å². The van der Waals surface area contributed by atoms with E-state index in [1.807, 2.05) is 6.07 Å². The molecule has 0 radical (unpaired) electrons. The van der Waals surface area contributed by atoms with Gasteiger partial charge < -0.3 is 15.7 Å². The molecule has 2 aromatic carbocycles. The number of carbonyl (C=O) groups is 1. The number of carbonyl (C=O) groups excluding carboxylic acids is 1. The van der Waals surface area contributed by atoms with Crippen molar-refractivity contribution in [1.29, 1.82) is 5.26 Å². The van der Waals surface area contributed by atoms with E-state index in [0.29, 0.717) is 16.9 Å². The molecule has 2 rings (SSSR count). The van der Waals surface area contributed by atoms with Gasteiger partial charge in [-0.2, -0.15) is 5.26 Å². The van der Waals surface area contributed by atoms with Gasteiger partial charge in [0.25, 0.3) is 0 Å². The highest BCUT2D eigenvalue weighted by molar-refractivity contribution is 6.00. The summed E-state index contributed by atoms with van der Waals surface area (Å²) in [7, 11) is 0. The number of rotatable bonds is 2. The number of anilines is 2. The molecule has 3 N–H and O–H groups in total. The van der Waals surface area contributed by atoms with Crippen LogP contribution in [0.15, 0.2) is 48.5 Å². The lowest BCUT2D eigenvalue weighted by Gasteiger charge is -2.08. The maximum absolute atomic E-state index is 11.7. The summed E-state index contributed by atoms with van der Waals surface area (Å²) in [6.07, 6.45) is 0. The number of hydrogen-bond donors (Lipinski definition) is 3. The number of benzene rings is 2. The van der Waals surface area contributed by atoms with E-state index < -0.39 is 6.03 Å². The molecule has 0 aliphatic rings. The SMILES string of the molecule is N#Cc1ccccc1NC(=O)Nc1cccc(O)c1. The number of urea groups is 1. The fourth-order valence-corrected chi connectivity index (χ4v) is 1.56. The Hall–Kier alpha value is -3.00. The monoisotopic (exact) mass is 253 g/mol. The Labute approximate surface area is 110 Å². The van der Waals surface area contributed by atoms with Gasteiger partial charge in [-0.3, -0.25) is 0 Å². The van der Waals surface area contributed by atoms with E-state index in [4.69, 9.17) is 5.26 Å². The number of phenolic OH excluding ortho intramolecular Hbond substituents is 1. The van der Waals surface area contributed by atoms with Gasteiger partial charge in [0, 0.05) is 11.8 Å². The molecular formula is C14H11N3O2. The molecule has 0 aliphatic heterocycles. The molecule has 5 nitrogen and oxygen atoms in total. The van der Waals surface area contributed by atoms with Gasteiger partial charge in [0.05, 0.1) is 11.3 Å². The second kappa shape index (κ2) is 5.56. The summed E-state index contributed by atoms with van der Waals surface area (Å²) >= 11 is 0. The number of nitrogens with one attached hydrogen (secondary N) is 2. The molecule has 0 saturated heterocycles. The highest BCUT2D eigenvalue weighted by Crippen LogP contribution is 2.17. The predicted octanol–water partition coefficient (Wildman–Crippen LogP) is 2.91. The molecule has 0 atom stereocenters. The summed E-state index contributed by atoms with van der Waals surface area (Å²) in [5.74, 6) is 0.0650. The fourth-order valence-electron chi connectivity index (χ4n) is 1.56. The molecule has 2 aromatic rings. The Balaban J connectivity index is 2.08. The average Bonchev–Trinajstić information content (AvgIpc) is 2.39. The summed E-state index contributed by atoms with van der Waals surface area (Å²) in [6.45, 7) is 0. The summed E-state index contributed by atoms with van der Waals surface area (Å²) < 4.78 is 0. The van der Waals surface area contributed by atoms with Crippen LogP contribution in [0.3, 0.4) is 0 Å². The Morgan fingerprint density at radius 2 is 1.89 bits per heavy atom. The summed E-state index contributed by atoms with van der Waals surface area (Å²) in [6, 6.07) is 14.4. The number of nitriles is 1. The maximum atomic E-state index is 11.7. The van der Waals surface area contributed by atoms with Crippen molar-refractivity contribution < 1.29 is 9.90 Å². The van der Waals surface area contributed by atoms with Crippen molar-refractivity contribution in [2.45, 2.75) is 0 Å². The third kappa shape index (κ3) is 3.23. The highest BCUT2D eigenvalue weighted by atomic mass is 16.3. The second-order valence-corrected chi connectivity index (χ2v) is 3.79. The van der Waals surface area contributed by atoms with Gasteiger partial charge in [0.2, 0.25) is 0 Å². The molecule has 19 heavy (non-hydrogen) atoms. The quantitative estimate of drug-likeness (QED) is 0.769. The van der Waals surface area contributed by atoms with Crippen molar-refractivity contribution in [2.24, 2.45) is 0 Å². The Morgan fingerprint density at radius 3 is 2.63 bits per heavy atom. The fraction of sp³-hybridized carbons (Fsp3) is 0. The average molecular weight is 253 g/mol. The lowest BCUT2D eigenvalue weighted by atomic mass is 10.2. The van der Waals surface area contributed by atoms with Gasteiger partial charge in [-0.05, 0) is 24.3 Å². The molecule has 0 aromatic heterocycles. The van der Waals surface area contributed by atoms with E-state index in [2.05, 4.69) is 10.6 Å². The number of hydrogen-bond acceptors (Lipinski definition) is 3. The number of nitrogens with zero attached hydrogens (tertiary/aromatic N) is 1. The second-order valence-electron chi connectivity index (χ2n) is 3.79. The van der Waals surface area contributed by atoms with E-state index in [0.717, 1.165) is 0 Å². The zero-order valence-electron chi connectivity index (χ0n) is 9.92. The van der Waals surface area contributed by atoms with Crippen molar-refractivity contribution in [3.63, 3.8) is 0 Å². The van der Waals surface area contributed by atoms with Crippen LogP contribution in [0.25, 0.3) is 0 Å². The first-order chi connectivity index (χ1) is 9.19. The predicted molar refractivity (Wildman–Crippen MR) is 71.9 cm³/mol. The summed E-state index contributed by atoms with van der Waals surface area (Å²) in [4.78, 5) is 11.7. The Morgan fingerprint density at radius 1 is 1.11 bits per heavy atom. The molecular weight excluding hydrogens is 242 g/mol. The molecule has 0 fully saturated rings. The van der Waals surface area contributed by atoms with E-state index in [1.165, 1.54) is 12.1 Å². The smallest absolute Gasteiger partial charge is 0.323 e. The molecule has 0 heterocycles. The van der Waals surface area contributed by atoms with Gasteiger partial charge in [0.1, 0.15) is 11.8 Å². The van der Waals surface area contributed by atoms with Crippen LogP contribution < -0.4 is 10.6 Å². The number of para-hydroxylation sites is 1. The van der Waals surface area contributed by atoms with E-state index in [1.54, 1.807) is 36.4 Å². The summed E-state index contributed by atoms with van der Waals surface area (Å²) in [5, 5.41) is 23.3. The number of amides is 2. The van der Waals surface area contributed by atoms with Crippen LogP contribution >= 0.6 is 0 Å². The zero-order valence-corrected chi connectivity index (χ0v) is 9.92. The van der Waals surface area contributed by atoms with Crippen molar-refractivity contribution in [1.82, 2.24) is 0 Å². The molecule has 0 spiro atoms. The topological polar surface area (TPSA) is 85.2 Å². The van der Waals surface area contributed by atoms with Crippen LogP contribution in [0.2, 0.25) is 0 Å². The Kier molecular flexibility index (Phi) is 3.64. The minimum absolute atomic E-state index is 0.0650. The molecule has 2 amide bonds. The minimum atomic E-state index is -0.478. The zero-order chi connectivity index (χ0) is 13.7. The van der Waals surface area contributed by atoms with E-state index in [-0.39, 0.29) is 5.75 Å². The molecule has 5 heteroatoms. The van der Waals surface area contributed by atoms with Gasteiger partial charge in [-0.25, -0.2) is 4.79 Å². The van der Waals surface area contributed by atoms with Gasteiger partial charge >= 0.3 is 6.03 Å². The molecule has 0 saturated carbocycles. The van der Waals surface area contributed by atoms with Crippen LogP contribution in [0.4, 0.5) is 16.2 Å². The number of aromatic hydroxyl groups is 1. The number of phenols is 1. The van der Waals surface area contributed by atoms with E-state index in [9.17, 15) is 9.90 Å². The first-order valence-corrected chi connectivity index (χ1v) is 5.55. The molecule has 0 unspecified atom stereocenters. The first kappa shape index (κ1) is 12.5. The standard InChI is InChI=1S/C14H11N3O2/c15-9-10-4-1-2-7-13(10)17-14(19)16-11-5-3-6-12(18)8-11/h1-8,18H,(H2,16,17,19). The van der Waals surface area contributed by atoms with Crippen molar-refractivity contribution in [2.75, 3.05) is 10.6 Å². The van der Waals surface area contributed by atoms with Crippen molar-refractivity contribution in [3.05, 3.63) is 54.1 Å². The lowest BCUT2D eigenvalue weighted by Crippen LogP contribution is -2.19. The third-order valence-corrected chi connectivity index (χ3v) is 2.40. The maximum Gasteiger partial charge on any atom is 0.323 e. The first-order valence-electron chi connectivity index (χ1n) is 5.55. The van der Waals surface area contributed by atoms with Gasteiger partial charge in [-0.1, -0.05) is 18.2 Å².